The molecule has 1 N–H and O–H groups in total. The molecule has 0 aromatic heterocycles. The van der Waals surface area contributed by atoms with Gasteiger partial charge in [-0.05, 0) is 13.8 Å². The first-order valence-corrected chi connectivity index (χ1v) is 5.11. The van der Waals surface area contributed by atoms with Crippen molar-refractivity contribution < 1.29 is 9.53 Å². The van der Waals surface area contributed by atoms with E-state index in [1.807, 2.05) is 18.7 Å². The van der Waals surface area contributed by atoms with Gasteiger partial charge >= 0.3 is 0 Å². The molecule has 0 atom stereocenters. The number of rotatable bonds is 3. The van der Waals surface area contributed by atoms with E-state index in [0.29, 0.717) is 32.8 Å². The highest BCUT2D eigenvalue weighted by Gasteiger charge is 2.29. The fourth-order valence-corrected chi connectivity index (χ4v) is 1.58. The summed E-state index contributed by atoms with van der Waals surface area (Å²) < 4.78 is 5.52. The van der Waals surface area contributed by atoms with Gasteiger partial charge in [0.25, 0.3) is 0 Å². The molecule has 1 fully saturated rings. The number of hydrogen-bond donors (Lipinski definition) is 1. The normalized spacial score (nSPS) is 19.7. The number of carbonyl (C=O) groups excluding carboxylic acids is 1. The Kier molecular flexibility index (Phi) is 4.13. The summed E-state index contributed by atoms with van der Waals surface area (Å²) in [5.41, 5.74) is -0.236. The van der Waals surface area contributed by atoms with Gasteiger partial charge in [0.2, 0.25) is 5.91 Å². The molecule has 1 aliphatic rings. The lowest BCUT2D eigenvalue weighted by atomic mass is 10.1. The van der Waals surface area contributed by atoms with E-state index in [1.165, 1.54) is 0 Å². The highest BCUT2D eigenvalue weighted by atomic mass is 16.5. The van der Waals surface area contributed by atoms with Crippen molar-refractivity contribution in [1.82, 2.24) is 10.2 Å². The summed E-state index contributed by atoms with van der Waals surface area (Å²) in [6.07, 6.45) is 5.08. The molecule has 4 heteroatoms. The van der Waals surface area contributed by atoms with Gasteiger partial charge in [0, 0.05) is 13.1 Å². The fraction of sp³-hybridized carbons (Fsp3) is 0.727. The molecule has 15 heavy (non-hydrogen) atoms. The van der Waals surface area contributed by atoms with Crippen LogP contribution in [-0.2, 0) is 9.53 Å². The monoisotopic (exact) mass is 210 g/mol. The predicted octanol–water partition coefficient (Wildman–Crippen LogP) is -0.153. The van der Waals surface area contributed by atoms with E-state index in [1.54, 1.807) is 0 Å². The summed E-state index contributed by atoms with van der Waals surface area (Å²) in [4.78, 5) is 13.5. The second-order valence-corrected chi connectivity index (χ2v) is 4.23. The van der Waals surface area contributed by atoms with Crippen LogP contribution in [0.5, 0.6) is 0 Å². The first-order chi connectivity index (χ1) is 7.05. The van der Waals surface area contributed by atoms with Crippen molar-refractivity contribution in [2.24, 2.45) is 0 Å². The zero-order valence-corrected chi connectivity index (χ0v) is 9.38. The molecule has 0 aromatic rings. The van der Waals surface area contributed by atoms with Gasteiger partial charge < -0.3 is 9.64 Å². The van der Waals surface area contributed by atoms with Crippen molar-refractivity contribution in [2.75, 3.05) is 32.8 Å². The minimum atomic E-state index is -0.236. The summed E-state index contributed by atoms with van der Waals surface area (Å²) in [5, 5.41) is 2.89. The van der Waals surface area contributed by atoms with Crippen LogP contribution in [0.15, 0.2) is 0 Å². The first kappa shape index (κ1) is 12.0. The van der Waals surface area contributed by atoms with Crippen molar-refractivity contribution in [3.63, 3.8) is 0 Å². The summed E-state index contributed by atoms with van der Waals surface area (Å²) >= 11 is 0. The van der Waals surface area contributed by atoms with Crippen LogP contribution >= 0.6 is 0 Å². The van der Waals surface area contributed by atoms with Crippen LogP contribution in [0.1, 0.15) is 13.8 Å². The summed E-state index contributed by atoms with van der Waals surface area (Å²) in [6, 6.07) is 0. The number of morpholine rings is 1. The molecule has 1 heterocycles. The second-order valence-electron chi connectivity index (χ2n) is 4.23. The summed E-state index contributed by atoms with van der Waals surface area (Å²) in [7, 11) is 0. The van der Waals surface area contributed by atoms with Gasteiger partial charge in [-0.2, -0.15) is 0 Å². The average molecular weight is 210 g/mol. The standard InChI is InChI=1S/C11H18N2O2/c1-4-5-12-8-10(14)13-6-7-15-11(2,3)9-13/h1,12H,5-9H2,2-3H3. The van der Waals surface area contributed by atoms with Crippen LogP contribution in [-0.4, -0.2) is 49.2 Å². The molecule has 0 aromatic carbocycles. The van der Waals surface area contributed by atoms with Crippen molar-refractivity contribution in [1.29, 1.82) is 0 Å². The van der Waals surface area contributed by atoms with Gasteiger partial charge in [-0.1, -0.05) is 5.92 Å². The number of ether oxygens (including phenoxy) is 1. The van der Waals surface area contributed by atoms with E-state index in [4.69, 9.17) is 11.2 Å². The van der Waals surface area contributed by atoms with E-state index in [9.17, 15) is 4.79 Å². The molecule has 1 saturated heterocycles. The maximum absolute atomic E-state index is 11.7. The molecule has 1 rings (SSSR count). The zero-order valence-electron chi connectivity index (χ0n) is 9.38. The smallest absolute Gasteiger partial charge is 0.236 e. The number of hydrogen-bond acceptors (Lipinski definition) is 3. The Balaban J connectivity index is 2.36. The Labute approximate surface area is 91.0 Å². The number of nitrogens with zero attached hydrogens (tertiary/aromatic N) is 1. The quantitative estimate of drug-likeness (QED) is 0.520. The SMILES string of the molecule is C#CCNCC(=O)N1CCOC(C)(C)C1. The molecule has 0 radical (unpaired) electrons. The molecule has 0 saturated carbocycles. The Morgan fingerprint density at radius 1 is 1.67 bits per heavy atom. The Morgan fingerprint density at radius 3 is 3.00 bits per heavy atom. The maximum Gasteiger partial charge on any atom is 0.236 e. The fourth-order valence-electron chi connectivity index (χ4n) is 1.58. The van der Waals surface area contributed by atoms with Gasteiger partial charge in [0.05, 0.1) is 25.3 Å². The van der Waals surface area contributed by atoms with Crippen molar-refractivity contribution in [3.05, 3.63) is 0 Å². The zero-order chi connectivity index (χ0) is 11.3. The molecular formula is C11H18N2O2. The first-order valence-electron chi connectivity index (χ1n) is 5.11. The molecule has 0 bridgehead atoms. The van der Waals surface area contributed by atoms with Gasteiger partial charge in [0.1, 0.15) is 0 Å². The van der Waals surface area contributed by atoms with E-state index in [0.717, 1.165) is 0 Å². The van der Waals surface area contributed by atoms with Crippen molar-refractivity contribution in [3.8, 4) is 12.3 Å². The lowest BCUT2D eigenvalue weighted by Gasteiger charge is -2.38. The van der Waals surface area contributed by atoms with Crippen LogP contribution in [0, 0.1) is 12.3 Å². The van der Waals surface area contributed by atoms with Crippen LogP contribution in [0.4, 0.5) is 0 Å². The largest absolute Gasteiger partial charge is 0.372 e. The molecule has 0 spiro atoms. The maximum atomic E-state index is 11.7. The van der Waals surface area contributed by atoms with Crippen LogP contribution < -0.4 is 5.32 Å². The summed E-state index contributed by atoms with van der Waals surface area (Å²) in [5.74, 6) is 2.52. The Morgan fingerprint density at radius 2 is 2.40 bits per heavy atom. The molecule has 1 aliphatic heterocycles. The van der Waals surface area contributed by atoms with Gasteiger partial charge in [-0.3, -0.25) is 10.1 Å². The Hall–Kier alpha value is -1.05. The third-order valence-electron chi connectivity index (χ3n) is 2.28. The predicted molar refractivity (Wildman–Crippen MR) is 58.3 cm³/mol. The molecule has 0 aliphatic carbocycles. The van der Waals surface area contributed by atoms with Crippen molar-refractivity contribution >= 4 is 5.91 Å². The van der Waals surface area contributed by atoms with Crippen LogP contribution in [0.3, 0.4) is 0 Å². The topological polar surface area (TPSA) is 41.6 Å². The van der Waals surface area contributed by atoms with E-state index < -0.39 is 0 Å². The van der Waals surface area contributed by atoms with E-state index in [-0.39, 0.29) is 11.5 Å². The molecule has 4 nitrogen and oxygen atoms in total. The van der Waals surface area contributed by atoms with Crippen LogP contribution in [0.25, 0.3) is 0 Å². The third-order valence-corrected chi connectivity index (χ3v) is 2.28. The van der Waals surface area contributed by atoms with Crippen LogP contribution in [0.2, 0.25) is 0 Å². The molecule has 0 unspecified atom stereocenters. The van der Waals surface area contributed by atoms with Gasteiger partial charge in [-0.25, -0.2) is 0 Å². The third kappa shape index (κ3) is 3.90. The summed E-state index contributed by atoms with van der Waals surface area (Å²) in [6.45, 7) is 6.62. The lowest BCUT2D eigenvalue weighted by Crippen LogP contribution is -2.52. The molecule has 1 amide bonds. The molecule has 84 valence electrons. The highest BCUT2D eigenvalue weighted by Crippen LogP contribution is 2.15. The van der Waals surface area contributed by atoms with Gasteiger partial charge in [-0.15, -0.1) is 6.42 Å². The lowest BCUT2D eigenvalue weighted by molar-refractivity contribution is -0.144. The Bertz CT molecular complexity index is 268. The minimum absolute atomic E-state index is 0.0848. The highest BCUT2D eigenvalue weighted by molar-refractivity contribution is 5.78. The van der Waals surface area contributed by atoms with Gasteiger partial charge in [0.15, 0.2) is 0 Å². The van der Waals surface area contributed by atoms with Crippen molar-refractivity contribution in [2.45, 2.75) is 19.4 Å². The second kappa shape index (κ2) is 5.15. The average Bonchev–Trinajstić information content (AvgIpc) is 2.16. The van der Waals surface area contributed by atoms with E-state index in [2.05, 4.69) is 11.2 Å². The molecular weight excluding hydrogens is 192 g/mol. The van der Waals surface area contributed by atoms with E-state index >= 15 is 0 Å². The minimum Gasteiger partial charge on any atom is -0.372 e. The number of terminal acetylenes is 1. The number of amides is 1. The number of carbonyl (C=O) groups is 1. The number of nitrogens with one attached hydrogen (secondary N) is 1.